The van der Waals surface area contributed by atoms with Crippen LogP contribution in [-0.4, -0.2) is 36.1 Å². The molecule has 17 heavy (non-hydrogen) atoms. The third kappa shape index (κ3) is 2.00. The Bertz CT molecular complexity index is 403. The highest BCUT2D eigenvalue weighted by molar-refractivity contribution is 5.49. The summed E-state index contributed by atoms with van der Waals surface area (Å²) in [5.41, 5.74) is 2.21. The zero-order valence-electron chi connectivity index (χ0n) is 10.1. The standard InChI is InChI=1S/C12H18N4O/c1-16(9-3-2-4-13-5-9)12-10-6-17-7-11(10)14-8-15-12/h8-9,13H,2-7H2,1H3. The predicted molar refractivity (Wildman–Crippen MR) is 64.8 cm³/mol. The van der Waals surface area contributed by atoms with Crippen LogP contribution < -0.4 is 10.2 Å². The predicted octanol–water partition coefficient (Wildman–Crippen LogP) is 0.695. The average molecular weight is 234 g/mol. The summed E-state index contributed by atoms with van der Waals surface area (Å²) in [6.45, 7) is 3.45. The number of anilines is 1. The van der Waals surface area contributed by atoms with Gasteiger partial charge >= 0.3 is 0 Å². The van der Waals surface area contributed by atoms with Crippen molar-refractivity contribution in [3.8, 4) is 0 Å². The molecule has 2 aliphatic rings. The largest absolute Gasteiger partial charge is 0.370 e. The summed E-state index contributed by atoms with van der Waals surface area (Å²) in [6.07, 6.45) is 4.11. The van der Waals surface area contributed by atoms with Crippen LogP contribution in [0.2, 0.25) is 0 Å². The summed E-state index contributed by atoms with van der Waals surface area (Å²) < 4.78 is 5.45. The number of hydrogen-bond donors (Lipinski definition) is 1. The first-order chi connectivity index (χ1) is 8.36. The van der Waals surface area contributed by atoms with E-state index in [1.165, 1.54) is 18.4 Å². The number of likely N-dealkylation sites (N-methyl/N-ethyl adjacent to an activating group) is 1. The van der Waals surface area contributed by atoms with Crippen molar-refractivity contribution < 1.29 is 4.74 Å². The Hall–Kier alpha value is -1.20. The molecule has 0 spiro atoms. The number of aromatic nitrogens is 2. The van der Waals surface area contributed by atoms with E-state index in [9.17, 15) is 0 Å². The van der Waals surface area contributed by atoms with Crippen LogP contribution in [0, 0.1) is 0 Å². The van der Waals surface area contributed by atoms with E-state index >= 15 is 0 Å². The van der Waals surface area contributed by atoms with Crippen LogP contribution in [0.25, 0.3) is 0 Å². The van der Waals surface area contributed by atoms with Crippen molar-refractivity contribution in [2.24, 2.45) is 0 Å². The molecule has 3 rings (SSSR count). The van der Waals surface area contributed by atoms with Gasteiger partial charge in [-0.2, -0.15) is 0 Å². The molecule has 1 aromatic rings. The van der Waals surface area contributed by atoms with Gasteiger partial charge in [0.05, 0.1) is 18.9 Å². The van der Waals surface area contributed by atoms with E-state index in [4.69, 9.17) is 4.74 Å². The summed E-state index contributed by atoms with van der Waals surface area (Å²) >= 11 is 0. The van der Waals surface area contributed by atoms with Crippen molar-refractivity contribution in [2.75, 3.05) is 25.0 Å². The minimum Gasteiger partial charge on any atom is -0.370 e. The van der Waals surface area contributed by atoms with Gasteiger partial charge in [0.1, 0.15) is 12.1 Å². The molecule has 0 saturated carbocycles. The molecule has 5 nitrogen and oxygen atoms in total. The minimum absolute atomic E-state index is 0.531. The third-order valence-corrected chi connectivity index (χ3v) is 3.65. The Kier molecular flexibility index (Phi) is 2.94. The van der Waals surface area contributed by atoms with Gasteiger partial charge in [0, 0.05) is 25.2 Å². The van der Waals surface area contributed by atoms with E-state index in [1.807, 2.05) is 0 Å². The second kappa shape index (κ2) is 4.58. The van der Waals surface area contributed by atoms with Crippen molar-refractivity contribution in [3.63, 3.8) is 0 Å². The fraction of sp³-hybridized carbons (Fsp3) is 0.667. The van der Waals surface area contributed by atoms with Gasteiger partial charge in [0.15, 0.2) is 0 Å². The first-order valence-corrected chi connectivity index (χ1v) is 6.20. The van der Waals surface area contributed by atoms with Gasteiger partial charge in [-0.1, -0.05) is 0 Å². The lowest BCUT2D eigenvalue weighted by Crippen LogP contribution is -2.44. The molecule has 0 amide bonds. The molecule has 0 radical (unpaired) electrons. The summed E-state index contributed by atoms with van der Waals surface area (Å²) in [4.78, 5) is 11.0. The summed E-state index contributed by atoms with van der Waals surface area (Å²) in [6, 6.07) is 0.531. The molecule has 0 aromatic carbocycles. The molecule has 1 fully saturated rings. The lowest BCUT2D eigenvalue weighted by molar-refractivity contribution is 0.133. The highest BCUT2D eigenvalue weighted by atomic mass is 16.5. The molecule has 1 aromatic heterocycles. The zero-order valence-corrected chi connectivity index (χ0v) is 10.1. The van der Waals surface area contributed by atoms with Gasteiger partial charge in [-0.25, -0.2) is 9.97 Å². The van der Waals surface area contributed by atoms with E-state index in [2.05, 4.69) is 27.2 Å². The van der Waals surface area contributed by atoms with Crippen molar-refractivity contribution in [3.05, 3.63) is 17.6 Å². The molecule has 3 heterocycles. The monoisotopic (exact) mass is 234 g/mol. The second-order valence-electron chi connectivity index (χ2n) is 4.73. The van der Waals surface area contributed by atoms with Crippen molar-refractivity contribution in [1.82, 2.24) is 15.3 Å². The molecule has 1 atom stereocenters. The Morgan fingerprint density at radius 3 is 3.18 bits per heavy atom. The summed E-state index contributed by atoms with van der Waals surface area (Å²) in [7, 11) is 2.12. The van der Waals surface area contributed by atoms with Crippen molar-refractivity contribution in [1.29, 1.82) is 0 Å². The zero-order chi connectivity index (χ0) is 11.7. The van der Waals surface area contributed by atoms with Crippen LogP contribution in [0.1, 0.15) is 24.1 Å². The highest BCUT2D eigenvalue weighted by Crippen LogP contribution is 2.27. The fourth-order valence-electron chi connectivity index (χ4n) is 2.60. The summed E-state index contributed by atoms with van der Waals surface area (Å²) in [5.74, 6) is 1.04. The Labute approximate surface area is 101 Å². The Morgan fingerprint density at radius 2 is 2.35 bits per heavy atom. The molecule has 92 valence electrons. The molecule has 1 unspecified atom stereocenters. The van der Waals surface area contributed by atoms with Gasteiger partial charge in [0.25, 0.3) is 0 Å². The van der Waals surface area contributed by atoms with Crippen LogP contribution >= 0.6 is 0 Å². The topological polar surface area (TPSA) is 50.3 Å². The third-order valence-electron chi connectivity index (χ3n) is 3.65. The number of piperidine rings is 1. The number of hydrogen-bond acceptors (Lipinski definition) is 5. The first-order valence-electron chi connectivity index (χ1n) is 6.20. The second-order valence-corrected chi connectivity index (χ2v) is 4.73. The molecule has 0 bridgehead atoms. The normalized spacial score (nSPS) is 23.5. The Balaban J connectivity index is 1.85. The van der Waals surface area contributed by atoms with Gasteiger partial charge in [-0.3, -0.25) is 0 Å². The van der Waals surface area contributed by atoms with Crippen molar-refractivity contribution >= 4 is 5.82 Å². The maximum absolute atomic E-state index is 5.45. The van der Waals surface area contributed by atoms with Crippen LogP contribution in [0.3, 0.4) is 0 Å². The molecular weight excluding hydrogens is 216 g/mol. The number of rotatable bonds is 2. The number of nitrogens with one attached hydrogen (secondary N) is 1. The van der Waals surface area contributed by atoms with E-state index in [0.29, 0.717) is 19.3 Å². The van der Waals surface area contributed by atoms with Crippen LogP contribution in [-0.2, 0) is 18.0 Å². The number of ether oxygens (including phenoxy) is 1. The SMILES string of the molecule is CN(c1ncnc2c1COC2)C1CCCNC1. The van der Waals surface area contributed by atoms with Crippen LogP contribution in [0.4, 0.5) is 5.82 Å². The van der Waals surface area contributed by atoms with Gasteiger partial charge in [-0.05, 0) is 19.4 Å². The molecule has 2 aliphatic heterocycles. The van der Waals surface area contributed by atoms with E-state index in [1.54, 1.807) is 6.33 Å². The molecule has 0 aliphatic carbocycles. The van der Waals surface area contributed by atoms with Gasteiger partial charge in [-0.15, -0.1) is 0 Å². The first kappa shape index (κ1) is 10.9. The maximum Gasteiger partial charge on any atom is 0.137 e. The summed E-state index contributed by atoms with van der Waals surface area (Å²) in [5, 5.41) is 3.44. The smallest absolute Gasteiger partial charge is 0.137 e. The Morgan fingerprint density at radius 1 is 1.41 bits per heavy atom. The highest BCUT2D eigenvalue weighted by Gasteiger charge is 2.24. The van der Waals surface area contributed by atoms with Crippen LogP contribution in [0.15, 0.2) is 6.33 Å². The minimum atomic E-state index is 0.531. The number of nitrogens with zero attached hydrogens (tertiary/aromatic N) is 3. The van der Waals surface area contributed by atoms with Crippen LogP contribution in [0.5, 0.6) is 0 Å². The lowest BCUT2D eigenvalue weighted by atomic mass is 10.1. The molecule has 5 heteroatoms. The molecule has 1 N–H and O–H groups in total. The van der Waals surface area contributed by atoms with E-state index in [0.717, 1.165) is 24.6 Å². The van der Waals surface area contributed by atoms with E-state index in [-0.39, 0.29) is 0 Å². The van der Waals surface area contributed by atoms with E-state index < -0.39 is 0 Å². The fourth-order valence-corrected chi connectivity index (χ4v) is 2.60. The quantitative estimate of drug-likeness (QED) is 0.816. The average Bonchev–Trinajstić information content (AvgIpc) is 2.87. The lowest BCUT2D eigenvalue weighted by Gasteiger charge is -2.33. The molecule has 1 saturated heterocycles. The number of fused-ring (bicyclic) bond motifs is 1. The van der Waals surface area contributed by atoms with Gasteiger partial charge in [0.2, 0.25) is 0 Å². The maximum atomic E-state index is 5.45. The van der Waals surface area contributed by atoms with Gasteiger partial charge < -0.3 is 15.0 Å². The molecular formula is C12H18N4O. The van der Waals surface area contributed by atoms with Crippen molar-refractivity contribution in [2.45, 2.75) is 32.1 Å².